The minimum absolute atomic E-state index is 0. The van der Waals surface area contributed by atoms with Gasteiger partial charge in [0, 0.05) is 41.5 Å². The average Bonchev–Trinajstić information content (AvgIpc) is 3.46. The Balaban J connectivity index is 0.00000583. The van der Waals surface area contributed by atoms with Crippen LogP contribution in [0.15, 0.2) is 83.7 Å². The number of hydrogen-bond donors (Lipinski definition) is 1. The van der Waals surface area contributed by atoms with Crippen molar-refractivity contribution in [1.82, 2.24) is 9.47 Å². The summed E-state index contributed by atoms with van der Waals surface area (Å²) in [6, 6.07) is 18.0. The SMILES string of the molecule is CC(C)C[C@H]1CCCN1Cc1c(-c2ccccc2OC(F)(F)F)cc(-c2ccccc2OC(F)(F)F)c(=O)n1CCc1ccc(C(=O)O)cc1.Cl. The number of nitrogens with zero attached hydrogens (tertiary/aromatic N) is 2. The molecule has 1 aliphatic rings. The summed E-state index contributed by atoms with van der Waals surface area (Å²) >= 11 is 0. The molecule has 51 heavy (non-hydrogen) atoms. The van der Waals surface area contributed by atoms with Crippen LogP contribution in [0.25, 0.3) is 22.3 Å². The topological polar surface area (TPSA) is 81.0 Å². The lowest BCUT2D eigenvalue weighted by atomic mass is 9.96. The van der Waals surface area contributed by atoms with Crippen molar-refractivity contribution in [3.05, 3.63) is 106 Å². The van der Waals surface area contributed by atoms with E-state index in [0.717, 1.165) is 31.4 Å². The van der Waals surface area contributed by atoms with E-state index in [-0.39, 0.29) is 65.8 Å². The van der Waals surface area contributed by atoms with Crippen LogP contribution in [0, 0.1) is 5.92 Å². The number of aromatic nitrogens is 1. The first kappa shape index (κ1) is 39.3. The van der Waals surface area contributed by atoms with Gasteiger partial charge in [0.2, 0.25) is 0 Å². The number of halogens is 7. The maximum absolute atomic E-state index is 14.5. The summed E-state index contributed by atoms with van der Waals surface area (Å²) in [5.41, 5.74) is 0.181. The summed E-state index contributed by atoms with van der Waals surface area (Å²) in [5.74, 6) is -1.96. The number of likely N-dealkylation sites (tertiary alicyclic amines) is 1. The minimum Gasteiger partial charge on any atom is -0.478 e. The largest absolute Gasteiger partial charge is 0.573 e. The highest BCUT2D eigenvalue weighted by molar-refractivity contribution is 5.87. The Kier molecular flexibility index (Phi) is 12.5. The van der Waals surface area contributed by atoms with Crippen LogP contribution in [0.4, 0.5) is 26.3 Å². The van der Waals surface area contributed by atoms with Gasteiger partial charge in [0.05, 0.1) is 11.1 Å². The number of benzene rings is 3. The maximum Gasteiger partial charge on any atom is 0.573 e. The molecule has 2 heterocycles. The molecule has 3 aromatic carbocycles. The fourth-order valence-corrected chi connectivity index (χ4v) is 6.50. The fraction of sp³-hybridized carbons (Fsp3) is 0.351. The summed E-state index contributed by atoms with van der Waals surface area (Å²) in [6.07, 6.45) is -7.33. The van der Waals surface area contributed by atoms with Crippen molar-refractivity contribution >= 4 is 18.4 Å². The van der Waals surface area contributed by atoms with E-state index in [0.29, 0.717) is 23.7 Å². The van der Waals surface area contributed by atoms with Gasteiger partial charge in [0.1, 0.15) is 11.5 Å². The summed E-state index contributed by atoms with van der Waals surface area (Å²) in [5, 5.41) is 9.32. The molecule has 1 saturated heterocycles. The number of carbonyl (C=O) groups is 1. The van der Waals surface area contributed by atoms with Crippen molar-refractivity contribution in [2.45, 2.75) is 71.4 Å². The van der Waals surface area contributed by atoms with E-state index in [1.165, 1.54) is 59.2 Å². The van der Waals surface area contributed by atoms with E-state index in [4.69, 9.17) is 0 Å². The van der Waals surface area contributed by atoms with Crippen LogP contribution in [0.1, 0.15) is 54.7 Å². The molecule has 0 spiro atoms. The highest BCUT2D eigenvalue weighted by atomic mass is 35.5. The Morgan fingerprint density at radius 2 is 1.39 bits per heavy atom. The Labute approximate surface area is 296 Å². The summed E-state index contributed by atoms with van der Waals surface area (Å²) in [7, 11) is 0. The Morgan fingerprint density at radius 1 is 0.843 bits per heavy atom. The van der Waals surface area contributed by atoms with Crippen LogP contribution in [0.2, 0.25) is 0 Å². The third-order valence-electron chi connectivity index (χ3n) is 8.63. The first-order valence-electron chi connectivity index (χ1n) is 16.1. The normalized spacial score (nSPS) is 15.1. The molecule has 5 rings (SSSR count). The van der Waals surface area contributed by atoms with Crippen molar-refractivity contribution < 1.29 is 45.7 Å². The van der Waals surface area contributed by atoms with Crippen LogP contribution >= 0.6 is 12.4 Å². The zero-order valence-electron chi connectivity index (χ0n) is 27.8. The van der Waals surface area contributed by atoms with Gasteiger partial charge in [-0.25, -0.2) is 4.79 Å². The molecule has 274 valence electrons. The highest BCUT2D eigenvalue weighted by Gasteiger charge is 2.35. The third kappa shape index (κ3) is 10.1. The molecule has 0 amide bonds. The quantitative estimate of drug-likeness (QED) is 0.146. The number of carboxylic acid groups (broad SMARTS) is 1. The van der Waals surface area contributed by atoms with E-state index in [1.54, 1.807) is 12.1 Å². The predicted molar refractivity (Wildman–Crippen MR) is 182 cm³/mol. The molecule has 4 aromatic rings. The number of ether oxygens (including phenoxy) is 2. The number of para-hydroxylation sites is 2. The van der Waals surface area contributed by atoms with Crippen LogP contribution < -0.4 is 15.0 Å². The van der Waals surface area contributed by atoms with Gasteiger partial charge in [-0.3, -0.25) is 9.69 Å². The second kappa shape index (κ2) is 16.2. The summed E-state index contributed by atoms with van der Waals surface area (Å²) in [4.78, 5) is 28.1. The number of rotatable bonds is 12. The van der Waals surface area contributed by atoms with Crippen LogP contribution in [0.3, 0.4) is 0 Å². The van der Waals surface area contributed by atoms with Crippen molar-refractivity contribution in [2.75, 3.05) is 6.54 Å². The van der Waals surface area contributed by atoms with Gasteiger partial charge in [0.25, 0.3) is 5.56 Å². The monoisotopic (exact) mass is 738 g/mol. The lowest BCUT2D eigenvalue weighted by Gasteiger charge is -2.29. The molecular weight excluding hydrogens is 702 g/mol. The second-order valence-electron chi connectivity index (χ2n) is 12.6. The summed E-state index contributed by atoms with van der Waals surface area (Å²) < 4.78 is 91.7. The van der Waals surface area contributed by atoms with E-state index in [1.807, 2.05) is 0 Å². The van der Waals surface area contributed by atoms with Crippen LogP contribution in [0.5, 0.6) is 11.5 Å². The van der Waals surface area contributed by atoms with Crippen LogP contribution in [-0.2, 0) is 19.5 Å². The van der Waals surface area contributed by atoms with Crippen molar-refractivity contribution in [3.8, 4) is 33.8 Å². The number of carboxylic acids is 1. The molecule has 0 saturated carbocycles. The van der Waals surface area contributed by atoms with Gasteiger partial charge in [-0.05, 0) is 74.0 Å². The molecular formula is C37H37ClF6N2O5. The average molecular weight is 739 g/mol. The Hall–Kier alpha value is -4.49. The minimum atomic E-state index is -5.09. The number of hydrogen-bond acceptors (Lipinski definition) is 5. The van der Waals surface area contributed by atoms with Gasteiger partial charge in [-0.2, -0.15) is 0 Å². The zero-order valence-corrected chi connectivity index (χ0v) is 28.6. The van der Waals surface area contributed by atoms with Gasteiger partial charge >= 0.3 is 18.7 Å². The smallest absolute Gasteiger partial charge is 0.478 e. The Bertz CT molecular complexity index is 1880. The molecule has 1 aromatic heterocycles. The standard InChI is InChI=1S/C37H36F6N2O5.ClH/c1-23(2)20-26-8-7-18-44(26)22-31-29(27-9-3-5-11-32(27)49-36(38,39)40)21-30(28-10-4-6-12-33(28)50-37(41,42)43)34(46)45(31)19-17-24-13-15-25(16-14-24)35(47)48;/h3-6,9-16,21,23,26H,7-8,17-20,22H2,1-2H3,(H,47,48);1H/t26-;/m1./s1. The highest BCUT2D eigenvalue weighted by Crippen LogP contribution is 2.40. The molecule has 0 aliphatic carbocycles. The van der Waals surface area contributed by atoms with Gasteiger partial charge in [-0.15, -0.1) is 38.7 Å². The van der Waals surface area contributed by atoms with Gasteiger partial charge in [0.15, 0.2) is 0 Å². The first-order chi connectivity index (χ1) is 23.6. The zero-order chi connectivity index (χ0) is 36.2. The van der Waals surface area contributed by atoms with Gasteiger partial charge in [-0.1, -0.05) is 62.4 Å². The van der Waals surface area contributed by atoms with E-state index in [9.17, 15) is 41.0 Å². The van der Waals surface area contributed by atoms with Gasteiger partial charge < -0.3 is 19.1 Å². The first-order valence-corrected chi connectivity index (χ1v) is 16.1. The molecule has 14 heteroatoms. The van der Waals surface area contributed by atoms with E-state index < -0.39 is 35.8 Å². The third-order valence-corrected chi connectivity index (χ3v) is 8.63. The molecule has 1 N–H and O–H groups in total. The lowest BCUT2D eigenvalue weighted by Crippen LogP contribution is -2.35. The number of aromatic carboxylic acids is 1. The Morgan fingerprint density at radius 3 is 1.92 bits per heavy atom. The van der Waals surface area contributed by atoms with Crippen molar-refractivity contribution in [3.63, 3.8) is 0 Å². The molecule has 1 fully saturated rings. The number of alkyl halides is 6. The molecule has 0 bridgehead atoms. The fourth-order valence-electron chi connectivity index (χ4n) is 6.50. The predicted octanol–water partition coefficient (Wildman–Crippen LogP) is 9.35. The molecule has 0 unspecified atom stereocenters. The maximum atomic E-state index is 14.5. The summed E-state index contributed by atoms with van der Waals surface area (Å²) in [6.45, 7) is 5.00. The molecule has 7 nitrogen and oxygen atoms in total. The van der Waals surface area contributed by atoms with Crippen molar-refractivity contribution in [2.24, 2.45) is 5.92 Å². The van der Waals surface area contributed by atoms with Crippen molar-refractivity contribution in [1.29, 1.82) is 0 Å². The van der Waals surface area contributed by atoms with Crippen LogP contribution in [-0.4, -0.2) is 45.9 Å². The van der Waals surface area contributed by atoms with E-state index in [2.05, 4.69) is 28.2 Å². The molecule has 0 radical (unpaired) electrons. The number of aryl methyl sites for hydroxylation is 1. The number of pyridine rings is 1. The molecule has 1 aliphatic heterocycles. The molecule has 1 atom stereocenters. The van der Waals surface area contributed by atoms with E-state index >= 15 is 0 Å². The lowest BCUT2D eigenvalue weighted by molar-refractivity contribution is -0.275. The second-order valence-corrected chi connectivity index (χ2v) is 12.6.